The number of piperidine rings is 1. The normalized spacial score (nSPS) is 20.3. The topological polar surface area (TPSA) is 103 Å². The van der Waals surface area contributed by atoms with Crippen molar-refractivity contribution in [3.05, 3.63) is 6.20 Å². The SMILES string of the molecule is CC(=O)N1CCC[C@H](N(C(=O)Nc2ncc(SCC(=O)O)s2)C2CCCCC2)C1. The van der Waals surface area contributed by atoms with Gasteiger partial charge >= 0.3 is 12.0 Å². The highest BCUT2D eigenvalue weighted by atomic mass is 32.2. The predicted octanol–water partition coefficient (Wildman–Crippen LogP) is 3.50. The molecular weight excluding hydrogens is 412 g/mol. The second kappa shape index (κ2) is 10.3. The molecule has 160 valence electrons. The molecule has 2 aliphatic rings. The molecule has 0 radical (unpaired) electrons. The molecule has 1 aliphatic carbocycles. The molecule has 0 unspecified atom stereocenters. The number of nitrogens with one attached hydrogen (secondary N) is 1. The van der Waals surface area contributed by atoms with Gasteiger partial charge in [-0.1, -0.05) is 30.6 Å². The molecule has 3 rings (SSSR count). The number of aromatic nitrogens is 1. The lowest BCUT2D eigenvalue weighted by Crippen LogP contribution is -2.56. The van der Waals surface area contributed by atoms with Crippen molar-refractivity contribution in [1.82, 2.24) is 14.8 Å². The number of nitrogens with zero attached hydrogens (tertiary/aromatic N) is 3. The van der Waals surface area contributed by atoms with Gasteiger partial charge in [-0.05, 0) is 25.7 Å². The van der Waals surface area contributed by atoms with Crippen LogP contribution in [-0.4, -0.2) is 68.7 Å². The number of aliphatic carboxylic acids is 1. The van der Waals surface area contributed by atoms with Gasteiger partial charge in [-0.15, -0.1) is 11.8 Å². The maximum Gasteiger partial charge on any atom is 0.324 e. The quantitative estimate of drug-likeness (QED) is 0.657. The minimum atomic E-state index is -0.884. The summed E-state index contributed by atoms with van der Waals surface area (Å²) < 4.78 is 0.757. The Morgan fingerprint density at radius 2 is 1.97 bits per heavy atom. The number of carbonyl (C=O) groups is 3. The summed E-state index contributed by atoms with van der Waals surface area (Å²) in [6.07, 6.45) is 8.79. The van der Waals surface area contributed by atoms with E-state index in [1.165, 1.54) is 29.5 Å². The number of urea groups is 1. The van der Waals surface area contributed by atoms with Gasteiger partial charge in [0.1, 0.15) is 0 Å². The van der Waals surface area contributed by atoms with E-state index in [4.69, 9.17) is 5.11 Å². The molecule has 2 fully saturated rings. The Hall–Kier alpha value is -1.81. The number of thiazole rings is 1. The van der Waals surface area contributed by atoms with Crippen LogP contribution in [0.25, 0.3) is 0 Å². The van der Waals surface area contributed by atoms with E-state index in [-0.39, 0.29) is 29.8 Å². The number of likely N-dealkylation sites (tertiary alicyclic amines) is 1. The van der Waals surface area contributed by atoms with Crippen molar-refractivity contribution in [3.63, 3.8) is 0 Å². The number of carboxylic acid groups (broad SMARTS) is 1. The molecule has 1 saturated carbocycles. The fourth-order valence-electron chi connectivity index (χ4n) is 4.13. The monoisotopic (exact) mass is 440 g/mol. The fraction of sp³-hybridized carbons (Fsp3) is 0.684. The number of hydrogen-bond acceptors (Lipinski definition) is 6. The van der Waals surface area contributed by atoms with Gasteiger partial charge in [-0.2, -0.15) is 0 Å². The maximum atomic E-state index is 13.2. The van der Waals surface area contributed by atoms with Crippen molar-refractivity contribution in [1.29, 1.82) is 0 Å². The minimum Gasteiger partial charge on any atom is -0.481 e. The summed E-state index contributed by atoms with van der Waals surface area (Å²) in [5, 5.41) is 12.2. The van der Waals surface area contributed by atoms with E-state index in [9.17, 15) is 14.4 Å². The summed E-state index contributed by atoms with van der Waals surface area (Å²) >= 11 is 2.48. The highest BCUT2D eigenvalue weighted by Crippen LogP contribution is 2.31. The Kier molecular flexibility index (Phi) is 7.77. The summed E-state index contributed by atoms with van der Waals surface area (Å²) in [5.74, 6) is -0.865. The summed E-state index contributed by atoms with van der Waals surface area (Å²) in [6.45, 7) is 2.92. The van der Waals surface area contributed by atoms with Crippen LogP contribution in [0.4, 0.5) is 9.93 Å². The molecule has 8 nitrogen and oxygen atoms in total. The highest BCUT2D eigenvalue weighted by molar-refractivity contribution is 8.01. The van der Waals surface area contributed by atoms with Gasteiger partial charge < -0.3 is 14.9 Å². The largest absolute Gasteiger partial charge is 0.481 e. The van der Waals surface area contributed by atoms with Crippen LogP contribution in [-0.2, 0) is 9.59 Å². The number of anilines is 1. The standard InChI is InChI=1S/C19H28N4O4S2/c1-13(24)22-9-5-8-15(11-22)23(14-6-3-2-4-7-14)19(27)21-18-20-10-17(29-18)28-12-16(25)26/h10,14-15H,2-9,11-12H2,1H3,(H,25,26)(H,20,21,27)/t15-/m0/s1. The summed E-state index contributed by atoms with van der Waals surface area (Å²) in [5.41, 5.74) is 0. The highest BCUT2D eigenvalue weighted by Gasteiger charge is 2.35. The first kappa shape index (κ1) is 21.9. The third-order valence-corrected chi connectivity index (χ3v) is 7.57. The van der Waals surface area contributed by atoms with Gasteiger partial charge in [-0.3, -0.25) is 14.9 Å². The van der Waals surface area contributed by atoms with Crippen molar-refractivity contribution in [2.24, 2.45) is 0 Å². The zero-order chi connectivity index (χ0) is 20.8. The van der Waals surface area contributed by atoms with Crippen LogP contribution in [0.5, 0.6) is 0 Å². The summed E-state index contributed by atoms with van der Waals surface area (Å²) in [6, 6.07) is 0.0227. The molecule has 2 N–H and O–H groups in total. The lowest BCUT2D eigenvalue weighted by Gasteiger charge is -2.43. The Morgan fingerprint density at radius 3 is 2.66 bits per heavy atom. The zero-order valence-corrected chi connectivity index (χ0v) is 18.3. The number of thioether (sulfide) groups is 1. The first-order valence-electron chi connectivity index (χ1n) is 10.1. The van der Waals surface area contributed by atoms with Crippen LogP contribution < -0.4 is 5.32 Å². The average molecular weight is 441 g/mol. The van der Waals surface area contributed by atoms with Gasteiger partial charge in [0.05, 0.1) is 22.2 Å². The predicted molar refractivity (Wildman–Crippen MR) is 113 cm³/mol. The van der Waals surface area contributed by atoms with Crippen LogP contribution in [0.3, 0.4) is 0 Å². The molecule has 3 amide bonds. The Balaban J connectivity index is 1.70. The smallest absolute Gasteiger partial charge is 0.324 e. The minimum absolute atomic E-state index is 0.0107. The number of carbonyl (C=O) groups excluding carboxylic acids is 2. The Labute approximate surface area is 179 Å². The number of hydrogen-bond donors (Lipinski definition) is 2. The number of carboxylic acids is 1. The van der Waals surface area contributed by atoms with Crippen molar-refractivity contribution in [2.75, 3.05) is 24.2 Å². The third kappa shape index (κ3) is 6.08. The van der Waals surface area contributed by atoms with Crippen molar-refractivity contribution < 1.29 is 19.5 Å². The van der Waals surface area contributed by atoms with E-state index in [2.05, 4.69) is 10.3 Å². The van der Waals surface area contributed by atoms with Crippen molar-refractivity contribution in [3.8, 4) is 0 Å². The van der Waals surface area contributed by atoms with Crippen LogP contribution in [0, 0.1) is 0 Å². The van der Waals surface area contributed by atoms with Crippen LogP contribution in [0.1, 0.15) is 51.9 Å². The summed E-state index contributed by atoms with van der Waals surface area (Å²) in [4.78, 5) is 43.9. The number of amides is 3. The maximum absolute atomic E-state index is 13.2. The van der Waals surface area contributed by atoms with E-state index >= 15 is 0 Å². The van der Waals surface area contributed by atoms with Gasteiger partial charge in [0.2, 0.25) is 5.91 Å². The third-order valence-electron chi connectivity index (χ3n) is 5.47. The molecule has 1 aliphatic heterocycles. The second-order valence-electron chi connectivity index (χ2n) is 7.56. The van der Waals surface area contributed by atoms with E-state index in [0.29, 0.717) is 11.7 Å². The Morgan fingerprint density at radius 1 is 1.24 bits per heavy atom. The van der Waals surface area contributed by atoms with E-state index in [0.717, 1.165) is 49.3 Å². The van der Waals surface area contributed by atoms with E-state index < -0.39 is 5.97 Å². The van der Waals surface area contributed by atoms with Gasteiger partial charge in [0, 0.05) is 26.1 Å². The first-order valence-corrected chi connectivity index (χ1v) is 11.9. The Bertz CT molecular complexity index is 736. The fourth-order valence-corrected chi connectivity index (χ4v) is 5.71. The molecule has 1 saturated heterocycles. The first-order chi connectivity index (χ1) is 13.9. The molecular formula is C19H28N4O4S2. The zero-order valence-electron chi connectivity index (χ0n) is 16.6. The molecule has 0 spiro atoms. The molecule has 1 atom stereocenters. The van der Waals surface area contributed by atoms with Gasteiger partial charge in [-0.25, -0.2) is 9.78 Å². The molecule has 1 aromatic heterocycles. The van der Waals surface area contributed by atoms with Crippen LogP contribution in [0.2, 0.25) is 0 Å². The van der Waals surface area contributed by atoms with Crippen LogP contribution in [0.15, 0.2) is 10.4 Å². The van der Waals surface area contributed by atoms with Gasteiger partial charge in [0.25, 0.3) is 0 Å². The van der Waals surface area contributed by atoms with E-state index in [1.54, 1.807) is 13.1 Å². The molecule has 0 aromatic carbocycles. The van der Waals surface area contributed by atoms with Crippen LogP contribution >= 0.6 is 23.1 Å². The second-order valence-corrected chi connectivity index (χ2v) is 9.86. The molecule has 2 heterocycles. The summed E-state index contributed by atoms with van der Waals surface area (Å²) in [7, 11) is 0. The van der Waals surface area contributed by atoms with Crippen molar-refractivity contribution >= 4 is 46.1 Å². The molecule has 29 heavy (non-hydrogen) atoms. The lowest BCUT2D eigenvalue weighted by molar-refractivity contribution is -0.134. The lowest BCUT2D eigenvalue weighted by atomic mass is 9.92. The molecule has 0 bridgehead atoms. The molecule has 10 heteroatoms. The average Bonchev–Trinajstić information content (AvgIpc) is 3.15. The van der Waals surface area contributed by atoms with Gasteiger partial charge in [0.15, 0.2) is 5.13 Å². The number of rotatable bonds is 6. The molecule has 1 aromatic rings. The van der Waals surface area contributed by atoms with E-state index in [1.807, 2.05) is 9.80 Å². The van der Waals surface area contributed by atoms with Crippen molar-refractivity contribution in [2.45, 2.75) is 68.2 Å².